The molecule has 0 radical (unpaired) electrons. The molecule has 7 heteroatoms. The Balaban J connectivity index is 1.71. The first-order chi connectivity index (χ1) is 11.0. The van der Waals surface area contributed by atoms with Crippen LogP contribution in [0.3, 0.4) is 0 Å². The van der Waals surface area contributed by atoms with Crippen molar-refractivity contribution in [1.82, 2.24) is 25.2 Å². The number of likely N-dealkylation sites (tertiary alicyclic amines) is 1. The average molecular weight is 323 g/mol. The van der Waals surface area contributed by atoms with Gasteiger partial charge in [0, 0.05) is 31.9 Å². The maximum atomic E-state index is 12.3. The number of ether oxygens (including phenoxy) is 1. The summed E-state index contributed by atoms with van der Waals surface area (Å²) in [6.07, 6.45) is 7.62. The highest BCUT2D eigenvalue weighted by Crippen LogP contribution is 2.20. The number of carbonyl (C=O) groups excluding carboxylic acids is 1. The predicted molar refractivity (Wildman–Crippen MR) is 88.1 cm³/mol. The molecule has 23 heavy (non-hydrogen) atoms. The summed E-state index contributed by atoms with van der Waals surface area (Å²) in [5, 5.41) is 11.2. The third kappa shape index (κ3) is 6.17. The van der Waals surface area contributed by atoms with Gasteiger partial charge < -0.3 is 15.0 Å². The maximum Gasteiger partial charge on any atom is 0.410 e. The summed E-state index contributed by atoms with van der Waals surface area (Å²) in [4.78, 5) is 14.2. The third-order valence-electron chi connectivity index (χ3n) is 3.85. The van der Waals surface area contributed by atoms with Gasteiger partial charge in [-0.25, -0.2) is 4.79 Å². The molecular formula is C16H29N5O2. The number of nitrogens with zero attached hydrogens (tertiary/aromatic N) is 4. The zero-order valence-corrected chi connectivity index (χ0v) is 14.5. The minimum absolute atomic E-state index is 0.188. The van der Waals surface area contributed by atoms with E-state index in [9.17, 15) is 4.79 Å². The van der Waals surface area contributed by atoms with Crippen molar-refractivity contribution in [2.24, 2.45) is 0 Å². The molecule has 1 aromatic heterocycles. The summed E-state index contributed by atoms with van der Waals surface area (Å²) in [7, 11) is 0. The molecule has 130 valence electrons. The fourth-order valence-electron chi connectivity index (χ4n) is 2.76. The van der Waals surface area contributed by atoms with Crippen LogP contribution in [0, 0.1) is 0 Å². The molecule has 0 aromatic carbocycles. The molecule has 1 saturated heterocycles. The third-order valence-corrected chi connectivity index (χ3v) is 3.85. The van der Waals surface area contributed by atoms with Gasteiger partial charge in [0.25, 0.3) is 0 Å². The summed E-state index contributed by atoms with van der Waals surface area (Å²) in [6, 6.07) is 0.227. The first-order valence-electron chi connectivity index (χ1n) is 8.50. The van der Waals surface area contributed by atoms with E-state index in [1.54, 1.807) is 6.20 Å². The second-order valence-corrected chi connectivity index (χ2v) is 7.05. The fraction of sp³-hybridized carbons (Fsp3) is 0.812. The Morgan fingerprint density at radius 3 is 2.91 bits per heavy atom. The van der Waals surface area contributed by atoms with Gasteiger partial charge in [-0.15, -0.1) is 5.10 Å². The van der Waals surface area contributed by atoms with Crippen molar-refractivity contribution in [2.45, 2.75) is 64.6 Å². The van der Waals surface area contributed by atoms with E-state index in [2.05, 4.69) is 15.6 Å². The molecule has 0 bridgehead atoms. The molecule has 1 N–H and O–H groups in total. The lowest BCUT2D eigenvalue weighted by Gasteiger charge is -2.37. The maximum absolute atomic E-state index is 12.3. The largest absolute Gasteiger partial charge is 0.444 e. The standard InChI is InChI=1S/C16H29N5O2/c1-16(2,3)23-15(22)21-11-5-4-7-14(21)13-17-8-6-10-20-12-9-18-19-20/h9,12,14,17H,4-8,10-11,13H2,1-3H3. The Labute approximate surface area is 138 Å². The fourth-order valence-corrected chi connectivity index (χ4v) is 2.76. The Hall–Kier alpha value is -1.63. The van der Waals surface area contributed by atoms with Crippen LogP contribution in [0.2, 0.25) is 0 Å². The number of aromatic nitrogens is 3. The van der Waals surface area contributed by atoms with Gasteiger partial charge in [-0.1, -0.05) is 5.21 Å². The SMILES string of the molecule is CC(C)(C)OC(=O)N1CCCCC1CNCCCn1ccnn1. The molecule has 1 unspecified atom stereocenters. The molecule has 0 aliphatic carbocycles. The molecule has 1 atom stereocenters. The van der Waals surface area contributed by atoms with Gasteiger partial charge in [-0.3, -0.25) is 4.68 Å². The van der Waals surface area contributed by atoms with E-state index < -0.39 is 5.60 Å². The molecule has 1 aliphatic heterocycles. The van der Waals surface area contributed by atoms with Gasteiger partial charge >= 0.3 is 6.09 Å². The highest BCUT2D eigenvalue weighted by atomic mass is 16.6. The first-order valence-corrected chi connectivity index (χ1v) is 8.50. The Morgan fingerprint density at radius 1 is 1.39 bits per heavy atom. The first kappa shape index (κ1) is 17.7. The molecule has 7 nitrogen and oxygen atoms in total. The number of rotatable bonds is 6. The van der Waals surface area contributed by atoms with Gasteiger partial charge in [0.2, 0.25) is 0 Å². The number of carbonyl (C=O) groups is 1. The van der Waals surface area contributed by atoms with Crippen molar-refractivity contribution in [2.75, 3.05) is 19.6 Å². The van der Waals surface area contributed by atoms with Gasteiger partial charge in [0.05, 0.1) is 6.20 Å². The van der Waals surface area contributed by atoms with E-state index in [1.165, 1.54) is 6.42 Å². The second kappa shape index (κ2) is 8.29. The molecule has 0 saturated carbocycles. The van der Waals surface area contributed by atoms with Crippen LogP contribution in [0.5, 0.6) is 0 Å². The van der Waals surface area contributed by atoms with Gasteiger partial charge in [0.1, 0.15) is 5.60 Å². The molecule has 1 amide bonds. The van der Waals surface area contributed by atoms with Crippen LogP contribution in [-0.4, -0.2) is 57.3 Å². The highest BCUT2D eigenvalue weighted by molar-refractivity contribution is 5.68. The second-order valence-electron chi connectivity index (χ2n) is 7.05. The number of nitrogens with one attached hydrogen (secondary N) is 1. The quantitative estimate of drug-likeness (QED) is 0.811. The van der Waals surface area contributed by atoms with Crippen molar-refractivity contribution in [3.8, 4) is 0 Å². The Morgan fingerprint density at radius 2 is 2.22 bits per heavy atom. The van der Waals surface area contributed by atoms with Crippen molar-refractivity contribution in [3.63, 3.8) is 0 Å². The van der Waals surface area contributed by atoms with E-state index in [4.69, 9.17) is 4.74 Å². The number of aryl methyl sites for hydroxylation is 1. The summed E-state index contributed by atoms with van der Waals surface area (Å²) in [6.45, 7) is 9.09. The van der Waals surface area contributed by atoms with Crippen molar-refractivity contribution in [3.05, 3.63) is 12.4 Å². The zero-order chi connectivity index (χ0) is 16.7. The van der Waals surface area contributed by atoms with E-state index in [-0.39, 0.29) is 12.1 Å². The normalized spacial score (nSPS) is 18.9. The number of hydrogen-bond donors (Lipinski definition) is 1. The van der Waals surface area contributed by atoms with E-state index >= 15 is 0 Å². The molecule has 1 fully saturated rings. The molecule has 0 spiro atoms. The van der Waals surface area contributed by atoms with Crippen LogP contribution in [0.25, 0.3) is 0 Å². The van der Waals surface area contributed by atoms with Crippen LogP contribution in [-0.2, 0) is 11.3 Å². The lowest BCUT2D eigenvalue weighted by atomic mass is 10.0. The molecule has 2 rings (SSSR count). The zero-order valence-electron chi connectivity index (χ0n) is 14.5. The van der Waals surface area contributed by atoms with Crippen LogP contribution in [0.1, 0.15) is 46.5 Å². The minimum atomic E-state index is -0.440. The molecule has 2 heterocycles. The number of piperidine rings is 1. The van der Waals surface area contributed by atoms with Gasteiger partial charge in [-0.2, -0.15) is 0 Å². The van der Waals surface area contributed by atoms with E-state index in [0.717, 1.165) is 45.4 Å². The molecular weight excluding hydrogens is 294 g/mol. The van der Waals surface area contributed by atoms with Gasteiger partial charge in [0.15, 0.2) is 0 Å². The predicted octanol–water partition coefficient (Wildman–Crippen LogP) is 2.05. The van der Waals surface area contributed by atoms with Crippen molar-refractivity contribution >= 4 is 6.09 Å². The Bertz CT molecular complexity index is 469. The monoisotopic (exact) mass is 323 g/mol. The van der Waals surface area contributed by atoms with E-state index in [0.29, 0.717) is 0 Å². The molecule has 1 aliphatic rings. The average Bonchev–Trinajstić information content (AvgIpc) is 2.99. The number of amides is 1. The minimum Gasteiger partial charge on any atom is -0.444 e. The van der Waals surface area contributed by atoms with Crippen LogP contribution < -0.4 is 5.32 Å². The van der Waals surface area contributed by atoms with Crippen LogP contribution in [0.4, 0.5) is 4.79 Å². The van der Waals surface area contributed by atoms with Crippen molar-refractivity contribution in [1.29, 1.82) is 0 Å². The number of hydrogen-bond acceptors (Lipinski definition) is 5. The lowest BCUT2D eigenvalue weighted by molar-refractivity contribution is 0.00997. The van der Waals surface area contributed by atoms with Crippen LogP contribution >= 0.6 is 0 Å². The van der Waals surface area contributed by atoms with E-state index in [1.807, 2.05) is 36.5 Å². The summed E-state index contributed by atoms with van der Waals surface area (Å²) < 4.78 is 7.35. The van der Waals surface area contributed by atoms with Gasteiger partial charge in [-0.05, 0) is 53.0 Å². The topological polar surface area (TPSA) is 72.3 Å². The summed E-state index contributed by atoms with van der Waals surface area (Å²) in [5.41, 5.74) is -0.440. The van der Waals surface area contributed by atoms with Crippen molar-refractivity contribution < 1.29 is 9.53 Å². The smallest absolute Gasteiger partial charge is 0.410 e. The molecule has 1 aromatic rings. The Kier molecular flexibility index (Phi) is 6.38. The summed E-state index contributed by atoms with van der Waals surface area (Å²) in [5.74, 6) is 0. The lowest BCUT2D eigenvalue weighted by Crippen LogP contribution is -2.50. The summed E-state index contributed by atoms with van der Waals surface area (Å²) >= 11 is 0. The van der Waals surface area contributed by atoms with Crippen LogP contribution in [0.15, 0.2) is 12.4 Å². The highest BCUT2D eigenvalue weighted by Gasteiger charge is 2.29.